The average molecular weight is 476 g/mol. The summed E-state index contributed by atoms with van der Waals surface area (Å²) in [4.78, 5) is 41.8. The number of carbonyl (C=O) groups is 3. The van der Waals surface area contributed by atoms with E-state index < -0.39 is 23.3 Å². The van der Waals surface area contributed by atoms with E-state index in [-0.39, 0.29) is 33.6 Å². The molecule has 6 nitrogen and oxygen atoms in total. The van der Waals surface area contributed by atoms with Crippen molar-refractivity contribution in [2.24, 2.45) is 11.8 Å². The predicted molar refractivity (Wildman–Crippen MR) is 123 cm³/mol. The molecule has 0 radical (unpaired) electrons. The SMILES string of the molecule is CSCCC1NC2(C(=O)Nc3ccccc32)C2C(=O)N(c3cccc(Cl)c3Cl)C(=O)C12. The number of nitrogens with zero attached hydrogens (tertiary/aromatic N) is 1. The largest absolute Gasteiger partial charge is 0.324 e. The smallest absolute Gasteiger partial charge is 0.250 e. The third kappa shape index (κ3) is 2.80. The second-order valence-corrected chi connectivity index (χ2v) is 9.70. The number of benzene rings is 2. The number of nitrogens with one attached hydrogen (secondary N) is 2. The number of fused-ring (bicyclic) bond motifs is 4. The van der Waals surface area contributed by atoms with Gasteiger partial charge in [0.15, 0.2) is 0 Å². The minimum Gasteiger partial charge on any atom is -0.324 e. The Morgan fingerprint density at radius 1 is 1.06 bits per heavy atom. The molecule has 2 aromatic rings. The number of para-hydroxylation sites is 1. The molecule has 3 aliphatic rings. The number of carbonyl (C=O) groups excluding carboxylic acids is 3. The third-order valence-electron chi connectivity index (χ3n) is 6.43. The van der Waals surface area contributed by atoms with Gasteiger partial charge in [-0.2, -0.15) is 11.8 Å². The van der Waals surface area contributed by atoms with Gasteiger partial charge in [0.05, 0.1) is 27.6 Å². The summed E-state index contributed by atoms with van der Waals surface area (Å²) in [6.07, 6.45) is 2.63. The van der Waals surface area contributed by atoms with Crippen LogP contribution in [0.1, 0.15) is 12.0 Å². The van der Waals surface area contributed by atoms with Crippen LogP contribution in [-0.2, 0) is 19.9 Å². The lowest BCUT2D eigenvalue weighted by atomic mass is 9.76. The first-order valence-electron chi connectivity index (χ1n) is 9.91. The molecule has 0 aliphatic carbocycles. The van der Waals surface area contributed by atoms with Gasteiger partial charge in [-0.1, -0.05) is 47.5 Å². The number of hydrogen-bond acceptors (Lipinski definition) is 5. The molecule has 4 unspecified atom stereocenters. The molecule has 2 saturated heterocycles. The molecular formula is C22H19Cl2N3O3S. The maximum atomic E-state index is 13.8. The minimum atomic E-state index is -1.29. The lowest BCUT2D eigenvalue weighted by Crippen LogP contribution is -2.53. The number of thioether (sulfide) groups is 1. The van der Waals surface area contributed by atoms with Gasteiger partial charge in [-0.25, -0.2) is 4.90 Å². The molecule has 2 N–H and O–H groups in total. The van der Waals surface area contributed by atoms with E-state index in [1.165, 1.54) is 0 Å². The first-order chi connectivity index (χ1) is 14.9. The Morgan fingerprint density at radius 3 is 2.61 bits per heavy atom. The van der Waals surface area contributed by atoms with Gasteiger partial charge in [0.1, 0.15) is 5.54 Å². The van der Waals surface area contributed by atoms with E-state index in [4.69, 9.17) is 23.2 Å². The number of rotatable bonds is 4. The van der Waals surface area contributed by atoms with Gasteiger partial charge in [-0.3, -0.25) is 19.7 Å². The molecule has 9 heteroatoms. The number of hydrogen-bond donors (Lipinski definition) is 2. The molecule has 3 aliphatic heterocycles. The van der Waals surface area contributed by atoms with Crippen molar-refractivity contribution < 1.29 is 14.4 Å². The van der Waals surface area contributed by atoms with Crippen LogP contribution >= 0.6 is 35.0 Å². The van der Waals surface area contributed by atoms with Crippen LogP contribution in [0.25, 0.3) is 0 Å². The summed E-state index contributed by atoms with van der Waals surface area (Å²) in [5.74, 6) is -1.86. The molecular weight excluding hydrogens is 457 g/mol. The molecule has 2 aromatic carbocycles. The molecule has 1 spiro atoms. The van der Waals surface area contributed by atoms with Crippen LogP contribution in [0.15, 0.2) is 42.5 Å². The normalized spacial score (nSPS) is 28.9. The Hall–Kier alpha value is -2.06. The molecule has 0 saturated carbocycles. The average Bonchev–Trinajstić information content (AvgIpc) is 3.34. The summed E-state index contributed by atoms with van der Waals surface area (Å²) in [5.41, 5.74) is 0.311. The summed E-state index contributed by atoms with van der Waals surface area (Å²) >= 11 is 14.2. The van der Waals surface area contributed by atoms with Gasteiger partial charge in [0.25, 0.3) is 0 Å². The highest BCUT2D eigenvalue weighted by Gasteiger charge is 2.70. The Balaban J connectivity index is 1.67. The van der Waals surface area contributed by atoms with Crippen molar-refractivity contribution in [3.05, 3.63) is 58.1 Å². The Kier molecular flexibility index (Phi) is 5.05. The summed E-state index contributed by atoms with van der Waals surface area (Å²) in [6.45, 7) is 0. The summed E-state index contributed by atoms with van der Waals surface area (Å²) in [5, 5.41) is 6.71. The summed E-state index contributed by atoms with van der Waals surface area (Å²) in [7, 11) is 0. The van der Waals surface area contributed by atoms with Crippen LogP contribution in [0.4, 0.5) is 11.4 Å². The van der Waals surface area contributed by atoms with Crippen molar-refractivity contribution in [1.29, 1.82) is 0 Å². The minimum absolute atomic E-state index is 0.143. The van der Waals surface area contributed by atoms with Crippen molar-refractivity contribution in [3.8, 4) is 0 Å². The predicted octanol–water partition coefficient (Wildman–Crippen LogP) is 3.67. The molecule has 0 bridgehead atoms. The number of halogens is 2. The monoisotopic (exact) mass is 475 g/mol. The lowest BCUT2D eigenvalue weighted by Gasteiger charge is -2.29. The first-order valence-corrected chi connectivity index (χ1v) is 12.1. The summed E-state index contributed by atoms with van der Waals surface area (Å²) < 4.78 is 0. The van der Waals surface area contributed by atoms with Crippen molar-refractivity contribution in [3.63, 3.8) is 0 Å². The molecule has 160 valence electrons. The maximum absolute atomic E-state index is 13.8. The van der Waals surface area contributed by atoms with E-state index in [1.54, 1.807) is 36.0 Å². The van der Waals surface area contributed by atoms with Gasteiger partial charge >= 0.3 is 0 Å². The highest BCUT2D eigenvalue weighted by atomic mass is 35.5. The van der Waals surface area contributed by atoms with Crippen molar-refractivity contribution in [2.75, 3.05) is 22.2 Å². The standard InChI is InChI=1S/C22H19Cl2N3O3S/c1-31-10-9-14-16-17(22(26-14)11-5-2-3-7-13(11)25-21(22)30)20(29)27(19(16)28)15-8-4-6-12(23)18(15)24/h2-8,14,16-17,26H,9-10H2,1H3,(H,25,30). The zero-order valence-electron chi connectivity index (χ0n) is 16.5. The second-order valence-electron chi connectivity index (χ2n) is 7.93. The van der Waals surface area contributed by atoms with Crippen molar-refractivity contribution in [2.45, 2.75) is 18.0 Å². The van der Waals surface area contributed by atoms with Gasteiger partial charge in [0, 0.05) is 17.3 Å². The van der Waals surface area contributed by atoms with Crippen LogP contribution in [-0.4, -0.2) is 35.8 Å². The number of amides is 3. The van der Waals surface area contributed by atoms with E-state index in [9.17, 15) is 14.4 Å². The lowest BCUT2D eigenvalue weighted by molar-refractivity contribution is -0.130. The van der Waals surface area contributed by atoms with Crippen LogP contribution in [0, 0.1) is 11.8 Å². The van der Waals surface area contributed by atoms with E-state index in [2.05, 4.69) is 10.6 Å². The van der Waals surface area contributed by atoms with Crippen LogP contribution in [0.5, 0.6) is 0 Å². The zero-order chi connectivity index (χ0) is 21.9. The Bertz CT molecular complexity index is 1130. The molecule has 0 aromatic heterocycles. The number of anilines is 2. The fourth-order valence-corrected chi connectivity index (χ4v) is 6.02. The van der Waals surface area contributed by atoms with Crippen LogP contribution in [0.2, 0.25) is 10.0 Å². The van der Waals surface area contributed by atoms with Crippen LogP contribution in [0.3, 0.4) is 0 Å². The first kappa shape index (κ1) is 20.8. The zero-order valence-corrected chi connectivity index (χ0v) is 18.9. The van der Waals surface area contributed by atoms with Gasteiger partial charge in [0.2, 0.25) is 17.7 Å². The molecule has 4 atom stereocenters. The van der Waals surface area contributed by atoms with Crippen molar-refractivity contribution >= 4 is 64.1 Å². The number of imide groups is 1. The molecule has 3 heterocycles. The fourth-order valence-electron chi connectivity index (χ4n) is 5.15. The van der Waals surface area contributed by atoms with E-state index in [0.717, 1.165) is 10.7 Å². The Labute approximate surface area is 193 Å². The Morgan fingerprint density at radius 2 is 1.84 bits per heavy atom. The van der Waals surface area contributed by atoms with Crippen LogP contribution < -0.4 is 15.5 Å². The van der Waals surface area contributed by atoms with Gasteiger partial charge in [-0.15, -0.1) is 0 Å². The van der Waals surface area contributed by atoms with E-state index in [1.807, 2.05) is 24.5 Å². The highest BCUT2D eigenvalue weighted by molar-refractivity contribution is 7.98. The third-order valence-corrected chi connectivity index (χ3v) is 7.88. The summed E-state index contributed by atoms with van der Waals surface area (Å²) in [6, 6.07) is 11.8. The quantitative estimate of drug-likeness (QED) is 0.659. The second kappa shape index (κ2) is 7.52. The molecule has 3 amide bonds. The topological polar surface area (TPSA) is 78.5 Å². The molecule has 2 fully saturated rings. The molecule has 31 heavy (non-hydrogen) atoms. The molecule has 5 rings (SSSR count). The van der Waals surface area contributed by atoms with E-state index >= 15 is 0 Å². The highest BCUT2D eigenvalue weighted by Crippen LogP contribution is 2.54. The maximum Gasteiger partial charge on any atom is 0.250 e. The van der Waals surface area contributed by atoms with Gasteiger partial charge in [-0.05, 0) is 36.6 Å². The van der Waals surface area contributed by atoms with Crippen molar-refractivity contribution in [1.82, 2.24) is 5.32 Å². The van der Waals surface area contributed by atoms with Gasteiger partial charge < -0.3 is 5.32 Å². The fraction of sp³-hybridized carbons (Fsp3) is 0.318. The van der Waals surface area contributed by atoms with E-state index in [0.29, 0.717) is 17.7 Å².